The van der Waals surface area contributed by atoms with Crippen LogP contribution in [0, 0.1) is 0 Å². The number of phenols is 1. The van der Waals surface area contributed by atoms with E-state index in [2.05, 4.69) is 0 Å². The maximum Gasteiger partial charge on any atom is 0.336 e. The number of rotatable bonds is 5. The standard InChI is InChI=1S/C20H23NO6/c1-2-13-8-15-14(9-19(24)27-17(15)10-16(13)22)12-26-20(25)11-21-7-5-3-4-6-18(21)23/h8-10,22H,2-7,11-12H2,1H3. The van der Waals surface area contributed by atoms with Gasteiger partial charge in [-0.25, -0.2) is 4.79 Å². The van der Waals surface area contributed by atoms with Crippen LogP contribution in [0.25, 0.3) is 11.0 Å². The van der Waals surface area contributed by atoms with Crippen LogP contribution in [0.3, 0.4) is 0 Å². The average Bonchev–Trinajstić information content (AvgIpc) is 2.83. The molecule has 0 radical (unpaired) electrons. The Balaban J connectivity index is 1.75. The molecule has 0 bridgehead atoms. The van der Waals surface area contributed by atoms with Gasteiger partial charge in [0.2, 0.25) is 5.91 Å². The van der Waals surface area contributed by atoms with E-state index in [1.54, 1.807) is 6.07 Å². The zero-order valence-corrected chi connectivity index (χ0v) is 15.3. The van der Waals surface area contributed by atoms with Gasteiger partial charge in [0, 0.05) is 36.0 Å². The lowest BCUT2D eigenvalue weighted by Gasteiger charge is -2.19. The second-order valence-corrected chi connectivity index (χ2v) is 6.71. The van der Waals surface area contributed by atoms with Crippen LogP contribution in [0.2, 0.25) is 0 Å². The molecule has 1 saturated heterocycles. The van der Waals surface area contributed by atoms with Crippen molar-refractivity contribution in [1.29, 1.82) is 0 Å². The molecule has 1 aromatic carbocycles. The number of aryl methyl sites for hydroxylation is 1. The van der Waals surface area contributed by atoms with E-state index in [-0.39, 0.29) is 30.4 Å². The number of hydrogen-bond donors (Lipinski definition) is 1. The minimum Gasteiger partial charge on any atom is -0.508 e. The zero-order valence-electron chi connectivity index (χ0n) is 15.3. The Morgan fingerprint density at radius 2 is 2.00 bits per heavy atom. The molecule has 2 aromatic rings. The van der Waals surface area contributed by atoms with E-state index in [0.29, 0.717) is 35.9 Å². The molecular weight excluding hydrogens is 350 g/mol. The number of phenolic OH excluding ortho intramolecular Hbond substituents is 1. The molecule has 1 aliphatic heterocycles. The fourth-order valence-corrected chi connectivity index (χ4v) is 3.28. The Kier molecular flexibility index (Phi) is 5.78. The molecule has 27 heavy (non-hydrogen) atoms. The van der Waals surface area contributed by atoms with Gasteiger partial charge in [0.15, 0.2) is 0 Å². The van der Waals surface area contributed by atoms with E-state index in [4.69, 9.17) is 9.15 Å². The monoisotopic (exact) mass is 373 g/mol. The summed E-state index contributed by atoms with van der Waals surface area (Å²) in [6.07, 6.45) is 3.78. The van der Waals surface area contributed by atoms with Crippen molar-refractivity contribution >= 4 is 22.8 Å². The van der Waals surface area contributed by atoms with Crippen LogP contribution in [-0.2, 0) is 27.4 Å². The van der Waals surface area contributed by atoms with E-state index in [1.807, 2.05) is 6.92 Å². The van der Waals surface area contributed by atoms with E-state index in [1.165, 1.54) is 17.0 Å². The van der Waals surface area contributed by atoms with Crippen molar-refractivity contribution in [3.63, 3.8) is 0 Å². The third kappa shape index (κ3) is 4.48. The van der Waals surface area contributed by atoms with E-state index in [9.17, 15) is 19.5 Å². The predicted molar refractivity (Wildman–Crippen MR) is 98.4 cm³/mol. The molecule has 0 spiro atoms. The summed E-state index contributed by atoms with van der Waals surface area (Å²) in [5.74, 6) is -0.485. The molecule has 0 saturated carbocycles. The molecule has 1 aliphatic rings. The van der Waals surface area contributed by atoms with Gasteiger partial charge in [0.1, 0.15) is 24.5 Å². The van der Waals surface area contributed by atoms with Gasteiger partial charge in [-0.2, -0.15) is 0 Å². The summed E-state index contributed by atoms with van der Waals surface area (Å²) in [5, 5.41) is 10.6. The normalized spacial score (nSPS) is 15.0. The van der Waals surface area contributed by atoms with Crippen molar-refractivity contribution in [3.05, 3.63) is 39.7 Å². The van der Waals surface area contributed by atoms with E-state index < -0.39 is 11.6 Å². The molecule has 1 aromatic heterocycles. The van der Waals surface area contributed by atoms with Crippen molar-refractivity contribution < 1.29 is 23.8 Å². The first kappa shape index (κ1) is 18.9. The van der Waals surface area contributed by atoms with Gasteiger partial charge < -0.3 is 19.2 Å². The Bertz CT molecular complexity index is 917. The third-order valence-corrected chi connectivity index (χ3v) is 4.79. The Morgan fingerprint density at radius 1 is 1.19 bits per heavy atom. The molecule has 2 heterocycles. The summed E-state index contributed by atoms with van der Waals surface area (Å²) in [5.41, 5.74) is 0.872. The van der Waals surface area contributed by atoms with Crippen LogP contribution in [-0.4, -0.2) is 35.0 Å². The van der Waals surface area contributed by atoms with Crippen LogP contribution >= 0.6 is 0 Å². The van der Waals surface area contributed by atoms with Crippen molar-refractivity contribution in [2.24, 2.45) is 0 Å². The first-order valence-electron chi connectivity index (χ1n) is 9.20. The fourth-order valence-electron chi connectivity index (χ4n) is 3.28. The van der Waals surface area contributed by atoms with Gasteiger partial charge >= 0.3 is 11.6 Å². The lowest BCUT2D eigenvalue weighted by molar-refractivity contribution is -0.150. The third-order valence-electron chi connectivity index (χ3n) is 4.79. The smallest absolute Gasteiger partial charge is 0.336 e. The highest BCUT2D eigenvalue weighted by atomic mass is 16.5. The van der Waals surface area contributed by atoms with Gasteiger partial charge in [-0.1, -0.05) is 13.3 Å². The van der Waals surface area contributed by atoms with Gasteiger partial charge in [-0.05, 0) is 30.9 Å². The SMILES string of the molecule is CCc1cc2c(COC(=O)CN3CCCCCC3=O)cc(=O)oc2cc1O. The van der Waals surface area contributed by atoms with Crippen molar-refractivity contribution in [3.8, 4) is 5.75 Å². The number of fused-ring (bicyclic) bond motifs is 1. The number of carbonyl (C=O) groups excluding carboxylic acids is 2. The van der Waals surface area contributed by atoms with E-state index in [0.717, 1.165) is 19.3 Å². The number of esters is 1. The largest absolute Gasteiger partial charge is 0.508 e. The van der Waals surface area contributed by atoms with Crippen molar-refractivity contribution in [1.82, 2.24) is 4.90 Å². The zero-order chi connectivity index (χ0) is 19.4. The van der Waals surface area contributed by atoms with Gasteiger partial charge in [-0.3, -0.25) is 9.59 Å². The Labute approximate surface area is 156 Å². The second-order valence-electron chi connectivity index (χ2n) is 6.71. The molecule has 0 atom stereocenters. The molecule has 0 unspecified atom stereocenters. The number of aromatic hydroxyl groups is 1. The summed E-state index contributed by atoms with van der Waals surface area (Å²) < 4.78 is 10.4. The van der Waals surface area contributed by atoms with Crippen LogP contribution in [0.5, 0.6) is 5.75 Å². The highest BCUT2D eigenvalue weighted by molar-refractivity contribution is 5.84. The number of ether oxygens (including phenoxy) is 1. The lowest BCUT2D eigenvalue weighted by Crippen LogP contribution is -2.35. The lowest BCUT2D eigenvalue weighted by atomic mass is 10.0. The molecule has 1 amide bonds. The first-order valence-corrected chi connectivity index (χ1v) is 9.20. The van der Waals surface area contributed by atoms with Crippen molar-refractivity contribution in [2.75, 3.05) is 13.1 Å². The average molecular weight is 373 g/mol. The fraction of sp³-hybridized carbons (Fsp3) is 0.450. The van der Waals surface area contributed by atoms with Crippen LogP contribution < -0.4 is 5.63 Å². The molecular formula is C20H23NO6. The van der Waals surface area contributed by atoms with E-state index >= 15 is 0 Å². The maximum atomic E-state index is 12.2. The van der Waals surface area contributed by atoms with Gasteiger partial charge in [0.05, 0.1) is 0 Å². The number of hydrogen-bond acceptors (Lipinski definition) is 6. The summed E-state index contributed by atoms with van der Waals surface area (Å²) in [4.78, 5) is 37.5. The summed E-state index contributed by atoms with van der Waals surface area (Å²) in [6.45, 7) is 2.28. The molecule has 1 fully saturated rings. The highest BCUT2D eigenvalue weighted by Gasteiger charge is 2.20. The molecule has 7 heteroatoms. The van der Waals surface area contributed by atoms with Crippen LogP contribution in [0.15, 0.2) is 27.4 Å². The second kappa shape index (κ2) is 8.24. The summed E-state index contributed by atoms with van der Waals surface area (Å²) >= 11 is 0. The minimum absolute atomic E-state index is 0.0293. The summed E-state index contributed by atoms with van der Waals surface area (Å²) in [6, 6.07) is 4.41. The molecule has 7 nitrogen and oxygen atoms in total. The van der Waals surface area contributed by atoms with Crippen LogP contribution in [0.1, 0.15) is 43.7 Å². The van der Waals surface area contributed by atoms with Gasteiger partial charge in [-0.15, -0.1) is 0 Å². The van der Waals surface area contributed by atoms with Gasteiger partial charge in [0.25, 0.3) is 0 Å². The topological polar surface area (TPSA) is 97.0 Å². The highest BCUT2D eigenvalue weighted by Crippen LogP contribution is 2.27. The van der Waals surface area contributed by atoms with Crippen molar-refractivity contribution in [2.45, 2.75) is 45.6 Å². The minimum atomic E-state index is -0.583. The number of nitrogens with zero attached hydrogens (tertiary/aromatic N) is 1. The number of likely N-dealkylation sites (tertiary alicyclic amines) is 1. The molecule has 144 valence electrons. The molecule has 1 N–H and O–H groups in total. The number of carbonyl (C=O) groups is 2. The predicted octanol–water partition coefficient (Wildman–Crippen LogP) is 2.51. The maximum absolute atomic E-state index is 12.2. The quantitative estimate of drug-likeness (QED) is 0.639. The number of amides is 1. The Hall–Kier alpha value is -2.83. The first-order chi connectivity index (χ1) is 13.0. The number of benzene rings is 1. The Morgan fingerprint density at radius 3 is 2.78 bits per heavy atom. The molecule has 3 rings (SSSR count). The van der Waals surface area contributed by atoms with Crippen LogP contribution in [0.4, 0.5) is 0 Å². The summed E-state index contributed by atoms with van der Waals surface area (Å²) in [7, 11) is 0. The molecule has 0 aliphatic carbocycles.